The van der Waals surface area contributed by atoms with E-state index in [-0.39, 0.29) is 17.7 Å². The van der Waals surface area contributed by atoms with Gasteiger partial charge >= 0.3 is 5.97 Å². The van der Waals surface area contributed by atoms with Gasteiger partial charge < -0.3 is 15.2 Å². The molecule has 2 aliphatic rings. The maximum absolute atomic E-state index is 12.1. The number of nitrogens with one attached hydrogen (secondary N) is 1. The Hall–Kier alpha value is -1.10. The van der Waals surface area contributed by atoms with Gasteiger partial charge in [-0.15, -0.1) is 0 Å². The fourth-order valence-electron chi connectivity index (χ4n) is 3.68. The molecule has 0 aromatic rings. The van der Waals surface area contributed by atoms with Crippen molar-refractivity contribution in [3.8, 4) is 0 Å². The topological polar surface area (TPSA) is 75.6 Å². The highest BCUT2D eigenvalue weighted by atomic mass is 16.5. The minimum Gasteiger partial charge on any atom is -0.481 e. The lowest BCUT2D eigenvalue weighted by Crippen LogP contribution is -2.44. The molecule has 120 valence electrons. The Bertz CT molecular complexity index is 384. The van der Waals surface area contributed by atoms with Crippen molar-refractivity contribution in [3.63, 3.8) is 0 Å². The molecule has 0 aliphatic heterocycles. The van der Waals surface area contributed by atoms with Crippen molar-refractivity contribution in [1.82, 2.24) is 5.32 Å². The van der Waals surface area contributed by atoms with E-state index in [9.17, 15) is 14.7 Å². The van der Waals surface area contributed by atoms with E-state index in [4.69, 9.17) is 4.74 Å². The molecule has 2 fully saturated rings. The molecule has 0 saturated heterocycles. The van der Waals surface area contributed by atoms with Crippen LogP contribution in [0.2, 0.25) is 0 Å². The van der Waals surface area contributed by atoms with Crippen LogP contribution in [0.4, 0.5) is 0 Å². The molecule has 1 amide bonds. The Kier molecular flexibility index (Phi) is 5.25. The first kappa shape index (κ1) is 16.3. The van der Waals surface area contributed by atoms with Crippen molar-refractivity contribution in [2.24, 2.45) is 10.8 Å². The molecule has 0 spiro atoms. The SMILES string of the molecule is COCCC1(CNC(=O)CC2(C(=O)O)CCC2)CCCC1. The van der Waals surface area contributed by atoms with Crippen molar-refractivity contribution in [2.45, 2.75) is 57.8 Å². The van der Waals surface area contributed by atoms with E-state index in [1.807, 2.05) is 0 Å². The monoisotopic (exact) mass is 297 g/mol. The van der Waals surface area contributed by atoms with Crippen LogP contribution in [0.3, 0.4) is 0 Å². The highest BCUT2D eigenvalue weighted by Crippen LogP contribution is 2.44. The van der Waals surface area contributed by atoms with Crippen LogP contribution in [0.25, 0.3) is 0 Å². The van der Waals surface area contributed by atoms with Crippen LogP contribution in [0, 0.1) is 10.8 Å². The summed E-state index contributed by atoms with van der Waals surface area (Å²) >= 11 is 0. The van der Waals surface area contributed by atoms with Crippen LogP contribution in [0.15, 0.2) is 0 Å². The average molecular weight is 297 g/mol. The Labute approximate surface area is 126 Å². The first-order chi connectivity index (χ1) is 10.0. The van der Waals surface area contributed by atoms with Crippen molar-refractivity contribution in [1.29, 1.82) is 0 Å². The maximum atomic E-state index is 12.1. The summed E-state index contributed by atoms with van der Waals surface area (Å²) in [6.45, 7) is 1.37. The molecule has 0 unspecified atom stereocenters. The third-order valence-corrected chi connectivity index (χ3v) is 5.42. The van der Waals surface area contributed by atoms with Gasteiger partial charge in [-0.2, -0.15) is 0 Å². The van der Waals surface area contributed by atoms with Crippen molar-refractivity contribution >= 4 is 11.9 Å². The number of hydrogen-bond acceptors (Lipinski definition) is 3. The van der Waals surface area contributed by atoms with Gasteiger partial charge in [0.25, 0.3) is 0 Å². The molecule has 0 bridgehead atoms. The lowest BCUT2D eigenvalue weighted by atomic mass is 9.66. The van der Waals surface area contributed by atoms with Gasteiger partial charge in [-0.1, -0.05) is 19.3 Å². The number of rotatable bonds is 8. The Morgan fingerprint density at radius 2 is 1.81 bits per heavy atom. The van der Waals surface area contributed by atoms with Crippen LogP contribution in [0.1, 0.15) is 57.8 Å². The van der Waals surface area contributed by atoms with E-state index in [1.165, 1.54) is 12.8 Å². The average Bonchev–Trinajstić information content (AvgIpc) is 2.87. The van der Waals surface area contributed by atoms with E-state index in [1.54, 1.807) is 7.11 Å². The molecule has 2 saturated carbocycles. The lowest BCUT2D eigenvalue weighted by molar-refractivity contribution is -0.157. The molecule has 0 heterocycles. The van der Waals surface area contributed by atoms with Crippen LogP contribution in [-0.4, -0.2) is 37.2 Å². The third-order valence-electron chi connectivity index (χ3n) is 5.42. The number of methoxy groups -OCH3 is 1. The minimum atomic E-state index is -0.820. The fraction of sp³-hybridized carbons (Fsp3) is 0.875. The summed E-state index contributed by atoms with van der Waals surface area (Å²) in [6.07, 6.45) is 7.93. The van der Waals surface area contributed by atoms with E-state index < -0.39 is 11.4 Å². The first-order valence-electron chi connectivity index (χ1n) is 8.01. The summed E-state index contributed by atoms with van der Waals surface area (Å²) in [5.41, 5.74) is -0.638. The Balaban J connectivity index is 1.83. The van der Waals surface area contributed by atoms with Crippen LogP contribution in [-0.2, 0) is 14.3 Å². The third kappa shape index (κ3) is 3.76. The van der Waals surface area contributed by atoms with Crippen molar-refractivity contribution in [3.05, 3.63) is 0 Å². The van der Waals surface area contributed by atoms with Crippen molar-refractivity contribution in [2.75, 3.05) is 20.3 Å². The smallest absolute Gasteiger partial charge is 0.310 e. The van der Waals surface area contributed by atoms with Crippen molar-refractivity contribution < 1.29 is 19.4 Å². The molecule has 21 heavy (non-hydrogen) atoms. The van der Waals surface area contributed by atoms with Gasteiger partial charge in [0.05, 0.1) is 5.41 Å². The number of carbonyl (C=O) groups is 2. The maximum Gasteiger partial charge on any atom is 0.310 e. The fourth-order valence-corrected chi connectivity index (χ4v) is 3.68. The summed E-state index contributed by atoms with van der Waals surface area (Å²) in [6, 6.07) is 0. The molecular weight excluding hydrogens is 270 g/mol. The number of carboxylic acid groups (broad SMARTS) is 1. The largest absolute Gasteiger partial charge is 0.481 e. The van der Waals surface area contributed by atoms with Crippen LogP contribution >= 0.6 is 0 Å². The molecule has 0 aromatic carbocycles. The highest BCUT2D eigenvalue weighted by Gasteiger charge is 2.46. The zero-order valence-electron chi connectivity index (χ0n) is 13.0. The Morgan fingerprint density at radius 1 is 1.14 bits per heavy atom. The van der Waals surface area contributed by atoms with Gasteiger partial charge in [0.2, 0.25) is 5.91 Å². The van der Waals surface area contributed by atoms with Gasteiger partial charge in [0.15, 0.2) is 0 Å². The van der Waals surface area contributed by atoms with Gasteiger partial charge in [-0.05, 0) is 37.5 Å². The van der Waals surface area contributed by atoms with E-state index in [0.29, 0.717) is 19.4 Å². The predicted molar refractivity (Wildman–Crippen MR) is 78.9 cm³/mol. The van der Waals surface area contributed by atoms with E-state index >= 15 is 0 Å². The summed E-state index contributed by atoms with van der Waals surface area (Å²) in [4.78, 5) is 23.4. The quantitative estimate of drug-likeness (QED) is 0.721. The predicted octanol–water partition coefficient (Wildman–Crippen LogP) is 2.34. The minimum absolute atomic E-state index is 0.110. The molecule has 0 aromatic heterocycles. The van der Waals surface area contributed by atoms with E-state index in [0.717, 1.165) is 32.3 Å². The molecule has 2 rings (SSSR count). The number of amides is 1. The molecule has 5 heteroatoms. The standard InChI is InChI=1S/C16H27NO4/c1-21-10-9-15(5-2-3-6-15)12-17-13(18)11-16(14(19)20)7-4-8-16/h2-12H2,1H3,(H,17,18)(H,19,20). The molecule has 0 radical (unpaired) electrons. The summed E-state index contributed by atoms with van der Waals surface area (Å²) in [5.74, 6) is -0.931. The number of carboxylic acids is 1. The highest BCUT2D eigenvalue weighted by molar-refractivity contribution is 5.85. The van der Waals surface area contributed by atoms with Crippen LogP contribution < -0.4 is 5.32 Å². The second-order valence-corrected chi connectivity index (χ2v) is 6.84. The number of carbonyl (C=O) groups excluding carboxylic acids is 1. The molecule has 5 nitrogen and oxygen atoms in total. The second-order valence-electron chi connectivity index (χ2n) is 6.84. The number of hydrogen-bond donors (Lipinski definition) is 2. The molecule has 2 N–H and O–H groups in total. The lowest BCUT2D eigenvalue weighted by Gasteiger charge is -2.37. The van der Waals surface area contributed by atoms with E-state index in [2.05, 4.69) is 5.32 Å². The second kappa shape index (κ2) is 6.77. The molecule has 0 atom stereocenters. The van der Waals surface area contributed by atoms with Gasteiger partial charge in [-0.25, -0.2) is 0 Å². The van der Waals surface area contributed by atoms with Gasteiger partial charge in [-0.3, -0.25) is 9.59 Å². The normalized spacial score (nSPS) is 22.5. The molecular formula is C16H27NO4. The number of aliphatic carboxylic acids is 1. The van der Waals surface area contributed by atoms with Crippen LogP contribution in [0.5, 0.6) is 0 Å². The van der Waals surface area contributed by atoms with Gasteiger partial charge in [0, 0.05) is 26.7 Å². The first-order valence-corrected chi connectivity index (χ1v) is 8.01. The summed E-state index contributed by atoms with van der Waals surface area (Å²) < 4.78 is 5.18. The summed E-state index contributed by atoms with van der Waals surface area (Å²) in [5, 5.41) is 12.3. The number of ether oxygens (including phenoxy) is 1. The van der Waals surface area contributed by atoms with Gasteiger partial charge in [0.1, 0.15) is 0 Å². The Morgan fingerprint density at radius 3 is 2.29 bits per heavy atom. The zero-order valence-corrected chi connectivity index (χ0v) is 13.0. The summed E-state index contributed by atoms with van der Waals surface area (Å²) in [7, 11) is 1.70. The zero-order chi connectivity index (χ0) is 15.3. The molecule has 2 aliphatic carbocycles.